The number of likely N-dealkylation sites (tertiary alicyclic amines) is 1. The molecular weight excluding hydrogens is 356 g/mol. The van der Waals surface area contributed by atoms with Crippen LogP contribution in [0.3, 0.4) is 0 Å². The van der Waals surface area contributed by atoms with Crippen molar-refractivity contribution in [2.24, 2.45) is 11.1 Å². The first-order valence-corrected chi connectivity index (χ1v) is 9.99. The lowest BCUT2D eigenvalue weighted by molar-refractivity contribution is -0.136. The molecule has 2 fully saturated rings. The first-order chi connectivity index (χ1) is 13.2. The van der Waals surface area contributed by atoms with E-state index in [1.54, 1.807) is 4.90 Å². The number of carbonyl (C=O) groups excluding carboxylic acids is 3. The molecule has 3 aliphatic heterocycles. The highest BCUT2D eigenvalue weighted by molar-refractivity contribution is 6.05. The maximum atomic E-state index is 12.9. The Labute approximate surface area is 165 Å². The van der Waals surface area contributed by atoms with Gasteiger partial charge in [0.15, 0.2) is 0 Å². The van der Waals surface area contributed by atoms with E-state index in [9.17, 15) is 14.4 Å². The number of hydrogen-bond acceptors (Lipinski definition) is 5. The molecule has 4 rings (SSSR count). The lowest BCUT2D eigenvalue weighted by Gasteiger charge is -2.42. The molecule has 0 spiro atoms. The molecule has 0 aromatic heterocycles. The lowest BCUT2D eigenvalue weighted by Crippen LogP contribution is -2.52. The van der Waals surface area contributed by atoms with Crippen LogP contribution in [0, 0.1) is 5.41 Å². The zero-order valence-electron chi connectivity index (χ0n) is 16.5. The normalized spacial score (nSPS) is 27.7. The van der Waals surface area contributed by atoms with Gasteiger partial charge in [0, 0.05) is 44.2 Å². The Hall–Kier alpha value is -2.25. The van der Waals surface area contributed by atoms with Gasteiger partial charge < -0.3 is 10.6 Å². The van der Waals surface area contributed by atoms with Crippen LogP contribution in [-0.4, -0.2) is 52.7 Å². The van der Waals surface area contributed by atoms with Gasteiger partial charge in [0.1, 0.15) is 6.04 Å². The summed E-state index contributed by atoms with van der Waals surface area (Å²) in [6.45, 7) is 7.50. The van der Waals surface area contributed by atoms with E-state index >= 15 is 0 Å². The number of fused-ring (bicyclic) bond motifs is 1. The molecule has 3 amide bonds. The van der Waals surface area contributed by atoms with Crippen LogP contribution < -0.4 is 11.1 Å². The molecule has 1 aromatic carbocycles. The third-order valence-corrected chi connectivity index (χ3v) is 6.39. The van der Waals surface area contributed by atoms with Gasteiger partial charge in [-0.05, 0) is 35.4 Å². The maximum Gasteiger partial charge on any atom is 0.255 e. The van der Waals surface area contributed by atoms with Gasteiger partial charge >= 0.3 is 0 Å². The third kappa shape index (κ3) is 3.44. The molecule has 2 saturated heterocycles. The van der Waals surface area contributed by atoms with Gasteiger partial charge in [-0.1, -0.05) is 26.0 Å². The van der Waals surface area contributed by atoms with Gasteiger partial charge in [0.05, 0.1) is 0 Å². The largest absolute Gasteiger partial charge is 0.327 e. The van der Waals surface area contributed by atoms with E-state index in [1.807, 2.05) is 12.1 Å². The maximum absolute atomic E-state index is 12.9. The highest BCUT2D eigenvalue weighted by Crippen LogP contribution is 2.31. The fourth-order valence-electron chi connectivity index (χ4n) is 4.58. The fourth-order valence-corrected chi connectivity index (χ4v) is 4.58. The first-order valence-electron chi connectivity index (χ1n) is 9.99. The lowest BCUT2D eigenvalue weighted by atomic mass is 9.79. The van der Waals surface area contributed by atoms with Crippen molar-refractivity contribution in [3.63, 3.8) is 0 Å². The van der Waals surface area contributed by atoms with E-state index in [4.69, 9.17) is 5.73 Å². The Kier molecular flexibility index (Phi) is 4.75. The van der Waals surface area contributed by atoms with E-state index in [0.29, 0.717) is 18.5 Å². The predicted octanol–water partition coefficient (Wildman–Crippen LogP) is 1.01. The molecule has 7 heteroatoms. The molecule has 1 aromatic rings. The van der Waals surface area contributed by atoms with E-state index in [-0.39, 0.29) is 35.6 Å². The second-order valence-corrected chi connectivity index (χ2v) is 8.99. The van der Waals surface area contributed by atoms with E-state index < -0.39 is 6.04 Å². The average Bonchev–Trinajstić information content (AvgIpc) is 2.94. The second-order valence-electron chi connectivity index (χ2n) is 8.99. The summed E-state index contributed by atoms with van der Waals surface area (Å²) in [5, 5.41) is 2.34. The first kappa shape index (κ1) is 19.1. The number of amides is 3. The van der Waals surface area contributed by atoms with Crippen molar-refractivity contribution in [3.05, 3.63) is 34.9 Å². The molecule has 3 heterocycles. The van der Waals surface area contributed by atoms with Crippen LogP contribution in [0.1, 0.15) is 54.6 Å². The van der Waals surface area contributed by atoms with Gasteiger partial charge in [0.25, 0.3) is 5.91 Å². The van der Waals surface area contributed by atoms with Crippen molar-refractivity contribution >= 4 is 17.7 Å². The number of carbonyl (C=O) groups is 3. The summed E-state index contributed by atoms with van der Waals surface area (Å²) in [7, 11) is 0. The molecule has 0 saturated carbocycles. The van der Waals surface area contributed by atoms with Crippen LogP contribution in [0.25, 0.3) is 0 Å². The summed E-state index contributed by atoms with van der Waals surface area (Å²) in [5.41, 5.74) is 9.03. The number of nitrogens with zero attached hydrogens (tertiary/aromatic N) is 2. The number of rotatable bonds is 3. The number of nitrogens with one attached hydrogen (secondary N) is 1. The quantitative estimate of drug-likeness (QED) is 0.758. The summed E-state index contributed by atoms with van der Waals surface area (Å²) >= 11 is 0. The fraction of sp³-hybridized carbons (Fsp3) is 0.571. The summed E-state index contributed by atoms with van der Waals surface area (Å²) in [4.78, 5) is 40.5. The third-order valence-electron chi connectivity index (χ3n) is 6.39. The van der Waals surface area contributed by atoms with Crippen LogP contribution in [0.5, 0.6) is 0 Å². The monoisotopic (exact) mass is 384 g/mol. The minimum atomic E-state index is -0.564. The second kappa shape index (κ2) is 6.97. The number of imide groups is 1. The molecular formula is C21H28N4O3. The number of hydrogen-bond donors (Lipinski definition) is 2. The summed E-state index contributed by atoms with van der Waals surface area (Å²) in [5.74, 6) is -0.756. The van der Waals surface area contributed by atoms with Crippen molar-refractivity contribution in [2.75, 3.05) is 13.1 Å². The molecule has 3 aliphatic rings. The number of benzene rings is 1. The van der Waals surface area contributed by atoms with Crippen molar-refractivity contribution in [1.82, 2.24) is 15.1 Å². The Balaban J connectivity index is 1.47. The molecule has 150 valence electrons. The van der Waals surface area contributed by atoms with Gasteiger partial charge in [-0.2, -0.15) is 0 Å². The molecule has 0 bridgehead atoms. The minimum Gasteiger partial charge on any atom is -0.327 e. The highest BCUT2D eigenvalue weighted by Gasteiger charge is 2.39. The molecule has 0 radical (unpaired) electrons. The molecule has 2 atom stereocenters. The smallest absolute Gasteiger partial charge is 0.255 e. The molecule has 3 N–H and O–H groups in total. The SMILES string of the molecule is CC1(C)CN(Cc2ccc3c(c2)C(=O)N(C2CCC(=O)NC2=O)C3)CCC1N. The minimum absolute atomic E-state index is 0.0768. The van der Waals surface area contributed by atoms with Crippen LogP contribution in [0.15, 0.2) is 18.2 Å². The summed E-state index contributed by atoms with van der Waals surface area (Å²) < 4.78 is 0. The molecule has 2 unspecified atom stereocenters. The standard InChI is InChI=1S/C21H28N4O3/c1-21(2)12-24(8-7-17(21)22)10-13-3-4-14-11-25(20(28)15(14)9-13)16-5-6-18(26)23-19(16)27/h3-4,9,16-17H,5-8,10-12,22H2,1-2H3,(H,23,26,27). The van der Waals surface area contributed by atoms with Crippen LogP contribution in [0.4, 0.5) is 0 Å². The van der Waals surface area contributed by atoms with Crippen LogP contribution in [-0.2, 0) is 22.7 Å². The number of nitrogens with two attached hydrogens (primary N) is 1. The Morgan fingerprint density at radius 3 is 2.71 bits per heavy atom. The van der Waals surface area contributed by atoms with Crippen LogP contribution in [0.2, 0.25) is 0 Å². The summed E-state index contributed by atoms with van der Waals surface area (Å²) in [6.07, 6.45) is 1.63. The zero-order valence-corrected chi connectivity index (χ0v) is 16.5. The topological polar surface area (TPSA) is 95.7 Å². The van der Waals surface area contributed by atoms with Crippen molar-refractivity contribution in [2.45, 2.75) is 58.3 Å². The van der Waals surface area contributed by atoms with Gasteiger partial charge in [0.2, 0.25) is 11.8 Å². The highest BCUT2D eigenvalue weighted by atomic mass is 16.2. The molecule has 0 aliphatic carbocycles. The molecule has 28 heavy (non-hydrogen) atoms. The van der Waals surface area contributed by atoms with Crippen molar-refractivity contribution in [1.29, 1.82) is 0 Å². The predicted molar refractivity (Wildman–Crippen MR) is 104 cm³/mol. The van der Waals surface area contributed by atoms with Crippen molar-refractivity contribution in [3.8, 4) is 0 Å². The Bertz CT molecular complexity index is 835. The Morgan fingerprint density at radius 2 is 2.00 bits per heavy atom. The van der Waals surface area contributed by atoms with Gasteiger partial charge in [-0.3, -0.25) is 24.6 Å². The van der Waals surface area contributed by atoms with Crippen molar-refractivity contribution < 1.29 is 14.4 Å². The van der Waals surface area contributed by atoms with Gasteiger partial charge in [-0.25, -0.2) is 0 Å². The average molecular weight is 384 g/mol. The number of piperidine rings is 2. The zero-order chi connectivity index (χ0) is 20.1. The van der Waals surface area contributed by atoms with E-state index in [0.717, 1.165) is 37.2 Å². The van der Waals surface area contributed by atoms with Crippen LogP contribution >= 0.6 is 0 Å². The summed E-state index contributed by atoms with van der Waals surface area (Å²) in [6, 6.07) is 5.68. The van der Waals surface area contributed by atoms with Gasteiger partial charge in [-0.15, -0.1) is 0 Å². The van der Waals surface area contributed by atoms with E-state index in [2.05, 4.69) is 30.1 Å². The Morgan fingerprint density at radius 1 is 1.21 bits per heavy atom. The van der Waals surface area contributed by atoms with E-state index in [1.165, 1.54) is 0 Å². The molecule has 7 nitrogen and oxygen atoms in total.